The van der Waals surface area contributed by atoms with E-state index in [1.54, 1.807) is 0 Å². The van der Waals surface area contributed by atoms with Crippen LogP contribution in [0.2, 0.25) is 0 Å². The summed E-state index contributed by atoms with van der Waals surface area (Å²) in [7, 11) is -3.68. The van der Waals surface area contributed by atoms with Crippen LogP contribution in [0.4, 0.5) is 4.39 Å². The predicted octanol–water partition coefficient (Wildman–Crippen LogP) is 2.39. The van der Waals surface area contributed by atoms with E-state index in [1.165, 1.54) is 32.6 Å². The van der Waals surface area contributed by atoms with Gasteiger partial charge in [-0.2, -0.15) is 9.10 Å². The summed E-state index contributed by atoms with van der Waals surface area (Å²) in [6.45, 7) is 0.760. The Morgan fingerprint density at radius 2 is 2.04 bits per heavy atom. The van der Waals surface area contributed by atoms with Gasteiger partial charge in [-0.25, -0.2) is 12.8 Å². The van der Waals surface area contributed by atoms with Crippen molar-refractivity contribution >= 4 is 21.4 Å². The summed E-state index contributed by atoms with van der Waals surface area (Å²) in [5.74, 6) is 0.0702. The number of thiophene rings is 1. The van der Waals surface area contributed by atoms with Crippen molar-refractivity contribution in [3.63, 3.8) is 0 Å². The van der Waals surface area contributed by atoms with Crippen LogP contribution in [0.3, 0.4) is 0 Å². The Bertz CT molecular complexity index is 986. The highest BCUT2D eigenvalue weighted by Gasteiger charge is 2.36. The van der Waals surface area contributed by atoms with E-state index >= 15 is 0 Å². The van der Waals surface area contributed by atoms with Gasteiger partial charge in [0.1, 0.15) is 5.82 Å². The molecule has 0 saturated carbocycles. The lowest BCUT2D eigenvalue weighted by atomic mass is 10.2. The van der Waals surface area contributed by atoms with E-state index in [0.717, 1.165) is 29.9 Å². The fourth-order valence-electron chi connectivity index (χ4n) is 3.06. The molecule has 26 heavy (non-hydrogen) atoms. The minimum atomic E-state index is -3.68. The van der Waals surface area contributed by atoms with Crippen LogP contribution in [-0.4, -0.2) is 45.5 Å². The molecule has 1 aliphatic rings. The Morgan fingerprint density at radius 1 is 1.23 bits per heavy atom. The first-order valence-corrected chi connectivity index (χ1v) is 10.4. The van der Waals surface area contributed by atoms with Crippen molar-refractivity contribution in [1.29, 1.82) is 0 Å². The molecule has 10 heteroatoms. The van der Waals surface area contributed by atoms with Crippen LogP contribution in [0.15, 0.2) is 46.7 Å². The molecule has 0 spiro atoms. The van der Waals surface area contributed by atoms with Crippen molar-refractivity contribution in [1.82, 2.24) is 24.5 Å². The van der Waals surface area contributed by atoms with Crippen LogP contribution >= 0.6 is 11.3 Å². The van der Waals surface area contributed by atoms with Gasteiger partial charge in [0.05, 0.1) is 16.3 Å². The third-order valence-corrected chi connectivity index (χ3v) is 7.14. The van der Waals surface area contributed by atoms with E-state index < -0.39 is 15.8 Å². The lowest BCUT2D eigenvalue weighted by molar-refractivity contribution is 0.323. The van der Waals surface area contributed by atoms with Gasteiger partial charge in [-0.15, -0.1) is 21.5 Å². The van der Waals surface area contributed by atoms with Crippen molar-refractivity contribution in [3.8, 4) is 10.7 Å². The Balaban J connectivity index is 1.54. The number of rotatable bonds is 5. The smallest absolute Gasteiger partial charge is 0.207 e. The van der Waals surface area contributed by atoms with Crippen molar-refractivity contribution < 1.29 is 12.8 Å². The maximum absolute atomic E-state index is 13.1. The summed E-state index contributed by atoms with van der Waals surface area (Å²) in [5, 5.41) is 14.4. The molecule has 0 aliphatic carbocycles. The third kappa shape index (κ3) is 3.27. The highest BCUT2D eigenvalue weighted by atomic mass is 32.2. The van der Waals surface area contributed by atoms with Crippen LogP contribution in [0.25, 0.3) is 10.7 Å². The molecule has 4 rings (SSSR count). The van der Waals surface area contributed by atoms with E-state index in [0.29, 0.717) is 18.9 Å². The molecule has 1 aliphatic heterocycles. The molecule has 1 saturated heterocycles. The maximum Gasteiger partial charge on any atom is 0.243 e. The molecule has 0 N–H and O–H groups in total. The monoisotopic (exact) mass is 393 g/mol. The first kappa shape index (κ1) is 17.3. The van der Waals surface area contributed by atoms with Crippen LogP contribution < -0.4 is 0 Å². The second kappa shape index (κ2) is 6.86. The van der Waals surface area contributed by atoms with E-state index in [1.807, 2.05) is 17.5 Å². The van der Waals surface area contributed by atoms with E-state index in [9.17, 15) is 12.8 Å². The number of sulfonamides is 1. The van der Waals surface area contributed by atoms with Gasteiger partial charge in [0.15, 0.2) is 0 Å². The molecule has 0 bridgehead atoms. The summed E-state index contributed by atoms with van der Waals surface area (Å²) in [6.07, 6.45) is 1.48. The first-order chi connectivity index (χ1) is 12.5. The molecule has 0 unspecified atom stereocenters. The minimum Gasteiger partial charge on any atom is -0.207 e. The molecule has 3 aromatic rings. The molecule has 2 aromatic heterocycles. The molecule has 1 fully saturated rings. The Hall–Kier alpha value is -2.17. The fraction of sp³-hybridized carbons (Fsp3) is 0.312. The van der Waals surface area contributed by atoms with Crippen molar-refractivity contribution in [2.24, 2.45) is 0 Å². The highest BCUT2D eigenvalue weighted by Crippen LogP contribution is 2.27. The van der Waals surface area contributed by atoms with Crippen LogP contribution in [-0.2, 0) is 16.6 Å². The number of hydrogen-bond acceptors (Lipinski definition) is 6. The molecule has 0 radical (unpaired) electrons. The Morgan fingerprint density at radius 3 is 2.77 bits per heavy atom. The van der Waals surface area contributed by atoms with Crippen LogP contribution in [0, 0.1) is 5.82 Å². The summed E-state index contributed by atoms with van der Waals surface area (Å²) >= 11 is 1.52. The quantitative estimate of drug-likeness (QED) is 0.665. The molecular formula is C16H16FN5O2S2. The van der Waals surface area contributed by atoms with Crippen LogP contribution in [0.5, 0.6) is 0 Å². The summed E-state index contributed by atoms with van der Waals surface area (Å²) < 4.78 is 40.3. The zero-order chi connectivity index (χ0) is 18.1. The zero-order valence-corrected chi connectivity index (χ0v) is 15.3. The molecule has 136 valence electrons. The number of halogens is 1. The normalized spacial score (nSPS) is 18.4. The van der Waals surface area contributed by atoms with Gasteiger partial charge >= 0.3 is 0 Å². The molecule has 0 amide bonds. The zero-order valence-electron chi connectivity index (χ0n) is 13.7. The Kier molecular flexibility index (Phi) is 4.55. The molecule has 3 heterocycles. The molecule has 1 aromatic carbocycles. The topological polar surface area (TPSA) is 81.0 Å². The lowest BCUT2D eigenvalue weighted by Gasteiger charge is -2.23. The number of tetrazole rings is 1. The number of benzene rings is 1. The summed E-state index contributed by atoms with van der Waals surface area (Å²) in [6, 6.07) is 8.47. The molecule has 1 atom stereocenters. The van der Waals surface area contributed by atoms with Gasteiger partial charge in [-0.3, -0.25) is 0 Å². The van der Waals surface area contributed by atoms with Crippen molar-refractivity contribution in [3.05, 3.63) is 47.6 Å². The first-order valence-electron chi connectivity index (χ1n) is 8.13. The molecule has 7 nitrogen and oxygen atoms in total. The van der Waals surface area contributed by atoms with Crippen molar-refractivity contribution in [2.75, 3.05) is 6.54 Å². The maximum atomic E-state index is 13.1. The predicted molar refractivity (Wildman–Crippen MR) is 94.4 cm³/mol. The third-order valence-electron chi connectivity index (χ3n) is 4.31. The van der Waals surface area contributed by atoms with Gasteiger partial charge in [0.25, 0.3) is 0 Å². The summed E-state index contributed by atoms with van der Waals surface area (Å²) in [5.41, 5.74) is 0. The van der Waals surface area contributed by atoms with Crippen LogP contribution in [0.1, 0.15) is 12.8 Å². The Labute approximate surface area is 154 Å². The van der Waals surface area contributed by atoms with E-state index in [4.69, 9.17) is 0 Å². The number of aromatic nitrogens is 4. The largest absolute Gasteiger partial charge is 0.243 e. The average Bonchev–Trinajstić information content (AvgIpc) is 3.37. The SMILES string of the molecule is O=S(=O)(c1ccc(F)cc1)N1CCC[C@@H]1Cn1nnc(-c2cccs2)n1. The standard InChI is InChI=1S/C16H16FN5O2S2/c17-12-5-7-14(8-6-12)26(23,24)21-9-1-3-13(21)11-22-19-16(18-20-22)15-4-2-10-25-15/h2,4-8,10,13H,1,3,9,11H2/t13-/m1/s1. The lowest BCUT2D eigenvalue weighted by Crippen LogP contribution is -2.38. The highest BCUT2D eigenvalue weighted by molar-refractivity contribution is 7.89. The summed E-state index contributed by atoms with van der Waals surface area (Å²) in [4.78, 5) is 2.45. The second-order valence-corrected chi connectivity index (χ2v) is 8.85. The van der Waals surface area contributed by atoms with Gasteiger partial charge in [0, 0.05) is 12.6 Å². The van der Waals surface area contributed by atoms with E-state index in [-0.39, 0.29) is 10.9 Å². The molecular weight excluding hydrogens is 377 g/mol. The minimum absolute atomic E-state index is 0.0941. The van der Waals surface area contributed by atoms with Gasteiger partial charge in [-0.1, -0.05) is 6.07 Å². The second-order valence-electron chi connectivity index (χ2n) is 6.01. The number of hydrogen-bond donors (Lipinski definition) is 0. The van der Waals surface area contributed by atoms with E-state index in [2.05, 4.69) is 15.4 Å². The number of nitrogens with zero attached hydrogens (tertiary/aromatic N) is 5. The van der Waals surface area contributed by atoms with Gasteiger partial charge in [-0.05, 0) is 53.8 Å². The fourth-order valence-corrected chi connectivity index (χ4v) is 5.40. The average molecular weight is 393 g/mol. The van der Waals surface area contributed by atoms with Gasteiger partial charge < -0.3 is 0 Å². The van der Waals surface area contributed by atoms with Gasteiger partial charge in [0.2, 0.25) is 15.8 Å². The van der Waals surface area contributed by atoms with Crippen molar-refractivity contribution in [2.45, 2.75) is 30.3 Å².